The second-order valence-corrected chi connectivity index (χ2v) is 4.74. The summed E-state index contributed by atoms with van der Waals surface area (Å²) >= 11 is 1.48. The standard InChI is InChI=1S/C13H13NOS/c1-14(2)9-10-5-3-6-11(10)13(15)12-7-4-8-16-12/h3-9H,1-2H3/b10-9+. The Morgan fingerprint density at radius 1 is 1.44 bits per heavy atom. The smallest absolute Gasteiger partial charge is 0.203 e. The van der Waals surface area contributed by atoms with Gasteiger partial charge >= 0.3 is 0 Å². The number of Topliss-reactive ketones (excluding diaryl/α,β-unsaturated/α-hetero) is 1. The number of allylic oxidation sites excluding steroid dienone is 5. The van der Waals surface area contributed by atoms with Crippen LogP contribution < -0.4 is 0 Å². The van der Waals surface area contributed by atoms with E-state index < -0.39 is 0 Å². The quantitative estimate of drug-likeness (QED) is 0.745. The first-order valence-corrected chi connectivity index (χ1v) is 5.91. The molecular formula is C13H13NOS. The number of nitrogens with zero attached hydrogens (tertiary/aromatic N) is 1. The maximum absolute atomic E-state index is 12.1. The second kappa shape index (κ2) is 4.49. The van der Waals surface area contributed by atoms with E-state index in [1.165, 1.54) is 11.3 Å². The van der Waals surface area contributed by atoms with Gasteiger partial charge in [0.2, 0.25) is 5.78 Å². The van der Waals surface area contributed by atoms with Crippen LogP contribution in [-0.4, -0.2) is 24.8 Å². The number of thiophene rings is 1. The molecule has 0 fully saturated rings. The lowest BCUT2D eigenvalue weighted by atomic mass is 10.1. The van der Waals surface area contributed by atoms with E-state index in [9.17, 15) is 4.79 Å². The fourth-order valence-corrected chi connectivity index (χ4v) is 2.25. The van der Waals surface area contributed by atoms with Crippen molar-refractivity contribution in [2.24, 2.45) is 0 Å². The highest BCUT2D eigenvalue weighted by molar-refractivity contribution is 7.12. The Morgan fingerprint density at radius 3 is 2.88 bits per heavy atom. The van der Waals surface area contributed by atoms with Crippen molar-refractivity contribution in [2.45, 2.75) is 0 Å². The van der Waals surface area contributed by atoms with Crippen molar-refractivity contribution in [3.63, 3.8) is 0 Å². The summed E-state index contributed by atoms with van der Waals surface area (Å²) in [5.41, 5.74) is 1.75. The zero-order valence-corrected chi connectivity index (χ0v) is 10.1. The number of carbonyl (C=O) groups excluding carboxylic acids is 1. The van der Waals surface area contributed by atoms with Gasteiger partial charge in [-0.3, -0.25) is 4.79 Å². The van der Waals surface area contributed by atoms with Crippen molar-refractivity contribution >= 4 is 17.1 Å². The van der Waals surface area contributed by atoms with Crippen LogP contribution >= 0.6 is 11.3 Å². The molecule has 1 aromatic rings. The van der Waals surface area contributed by atoms with Crippen LogP contribution in [0.5, 0.6) is 0 Å². The molecule has 0 N–H and O–H groups in total. The van der Waals surface area contributed by atoms with Crippen LogP contribution in [0.2, 0.25) is 0 Å². The summed E-state index contributed by atoms with van der Waals surface area (Å²) in [6.07, 6.45) is 7.70. The Bertz CT molecular complexity index is 478. The van der Waals surface area contributed by atoms with Gasteiger partial charge in [0.05, 0.1) is 4.88 Å². The Labute approximate surface area is 99.2 Å². The minimum Gasteiger partial charge on any atom is -0.383 e. The van der Waals surface area contributed by atoms with Gasteiger partial charge in [-0.1, -0.05) is 24.3 Å². The Balaban J connectivity index is 2.26. The highest BCUT2D eigenvalue weighted by Gasteiger charge is 2.17. The first kappa shape index (κ1) is 10.9. The van der Waals surface area contributed by atoms with Gasteiger partial charge in [-0.15, -0.1) is 11.3 Å². The lowest BCUT2D eigenvalue weighted by Gasteiger charge is -2.08. The van der Waals surface area contributed by atoms with Gasteiger partial charge < -0.3 is 4.90 Å². The largest absolute Gasteiger partial charge is 0.383 e. The molecule has 0 unspecified atom stereocenters. The predicted octanol–water partition coefficient (Wildman–Crippen LogP) is 2.87. The van der Waals surface area contributed by atoms with Gasteiger partial charge in [0.25, 0.3) is 0 Å². The molecule has 1 aliphatic rings. The molecule has 1 heterocycles. The van der Waals surface area contributed by atoms with Crippen LogP contribution in [0.3, 0.4) is 0 Å². The first-order valence-electron chi connectivity index (χ1n) is 5.03. The summed E-state index contributed by atoms with van der Waals surface area (Å²) in [7, 11) is 3.90. The summed E-state index contributed by atoms with van der Waals surface area (Å²) in [4.78, 5) is 14.9. The lowest BCUT2D eigenvalue weighted by Crippen LogP contribution is -2.06. The van der Waals surface area contributed by atoms with E-state index in [1.54, 1.807) is 0 Å². The molecule has 0 saturated heterocycles. The zero-order chi connectivity index (χ0) is 11.5. The lowest BCUT2D eigenvalue weighted by molar-refractivity contribution is 0.104. The van der Waals surface area contributed by atoms with Gasteiger partial charge in [-0.25, -0.2) is 0 Å². The van der Waals surface area contributed by atoms with Crippen LogP contribution in [0.15, 0.2) is 53.1 Å². The topological polar surface area (TPSA) is 20.3 Å². The molecule has 0 aromatic carbocycles. The third-order valence-corrected chi connectivity index (χ3v) is 3.11. The minimum absolute atomic E-state index is 0.105. The van der Waals surface area contributed by atoms with Gasteiger partial charge in [0.1, 0.15) is 0 Å². The van der Waals surface area contributed by atoms with E-state index in [4.69, 9.17) is 0 Å². The maximum Gasteiger partial charge on any atom is 0.203 e. The molecule has 1 aliphatic carbocycles. The molecule has 0 saturated carbocycles. The van der Waals surface area contributed by atoms with Crippen molar-refractivity contribution in [3.05, 3.63) is 58.0 Å². The molecule has 0 radical (unpaired) electrons. The normalized spacial score (nSPS) is 16.6. The van der Waals surface area contributed by atoms with Gasteiger partial charge in [0, 0.05) is 31.4 Å². The van der Waals surface area contributed by atoms with Crippen LogP contribution in [0, 0.1) is 0 Å². The highest BCUT2D eigenvalue weighted by Crippen LogP contribution is 2.24. The molecule has 2 rings (SSSR count). The molecular weight excluding hydrogens is 218 g/mol. The van der Waals surface area contributed by atoms with Crippen LogP contribution in [0.1, 0.15) is 9.67 Å². The van der Waals surface area contributed by atoms with E-state index in [0.29, 0.717) is 0 Å². The van der Waals surface area contributed by atoms with Crippen molar-refractivity contribution in [2.75, 3.05) is 14.1 Å². The Kier molecular flexibility index (Phi) is 3.06. The van der Waals surface area contributed by atoms with Crippen molar-refractivity contribution in [1.82, 2.24) is 4.90 Å². The Hall–Kier alpha value is -1.61. The van der Waals surface area contributed by atoms with E-state index >= 15 is 0 Å². The average molecular weight is 231 g/mol. The summed E-state index contributed by atoms with van der Waals surface area (Å²) in [6.45, 7) is 0. The number of rotatable bonds is 3. The molecule has 0 spiro atoms. The van der Waals surface area contributed by atoms with Crippen molar-refractivity contribution in [3.8, 4) is 0 Å². The molecule has 0 bridgehead atoms. The summed E-state index contributed by atoms with van der Waals surface area (Å²) in [6, 6.07) is 3.76. The van der Waals surface area contributed by atoms with E-state index in [0.717, 1.165) is 16.0 Å². The number of hydrogen-bond donors (Lipinski definition) is 0. The predicted molar refractivity (Wildman–Crippen MR) is 67.6 cm³/mol. The van der Waals surface area contributed by atoms with Crippen molar-refractivity contribution < 1.29 is 4.79 Å². The van der Waals surface area contributed by atoms with E-state index in [-0.39, 0.29) is 5.78 Å². The number of ketones is 1. The van der Waals surface area contributed by atoms with Crippen molar-refractivity contribution in [1.29, 1.82) is 0 Å². The Morgan fingerprint density at radius 2 is 2.25 bits per heavy atom. The number of hydrogen-bond acceptors (Lipinski definition) is 3. The monoisotopic (exact) mass is 231 g/mol. The summed E-state index contributed by atoms with van der Waals surface area (Å²) < 4.78 is 0. The third kappa shape index (κ3) is 2.14. The molecule has 0 aliphatic heterocycles. The molecule has 82 valence electrons. The van der Waals surface area contributed by atoms with Gasteiger partial charge in [0.15, 0.2) is 0 Å². The highest BCUT2D eigenvalue weighted by atomic mass is 32.1. The fourth-order valence-electron chi connectivity index (χ4n) is 1.57. The molecule has 0 atom stereocenters. The molecule has 1 aromatic heterocycles. The molecule has 2 nitrogen and oxygen atoms in total. The summed E-state index contributed by atoms with van der Waals surface area (Å²) in [5, 5.41) is 1.92. The zero-order valence-electron chi connectivity index (χ0n) is 9.31. The van der Waals surface area contributed by atoms with E-state index in [2.05, 4.69) is 0 Å². The second-order valence-electron chi connectivity index (χ2n) is 3.79. The van der Waals surface area contributed by atoms with Crippen LogP contribution in [0.25, 0.3) is 0 Å². The molecule has 3 heteroatoms. The van der Waals surface area contributed by atoms with E-state index in [1.807, 2.05) is 60.9 Å². The average Bonchev–Trinajstić information content (AvgIpc) is 2.84. The van der Waals surface area contributed by atoms with Crippen LogP contribution in [0.4, 0.5) is 0 Å². The molecule has 16 heavy (non-hydrogen) atoms. The fraction of sp³-hybridized carbons (Fsp3) is 0.154. The summed E-state index contributed by atoms with van der Waals surface area (Å²) in [5.74, 6) is 0.105. The maximum atomic E-state index is 12.1. The van der Waals surface area contributed by atoms with Gasteiger partial charge in [-0.05, 0) is 11.4 Å². The van der Waals surface area contributed by atoms with Gasteiger partial charge in [-0.2, -0.15) is 0 Å². The molecule has 0 amide bonds. The van der Waals surface area contributed by atoms with Crippen LogP contribution in [-0.2, 0) is 0 Å². The SMILES string of the molecule is CN(C)/C=C1\C=CC=C1C(=O)c1cccs1. The third-order valence-electron chi connectivity index (χ3n) is 2.24. The first-order chi connectivity index (χ1) is 7.68. The minimum atomic E-state index is 0.105. The number of carbonyl (C=O) groups is 1.